The smallest absolute Gasteiger partial charge is 0.137 e. The topological polar surface area (TPSA) is 34.1 Å². The van der Waals surface area contributed by atoms with E-state index in [-0.39, 0.29) is 11.6 Å². The van der Waals surface area contributed by atoms with Crippen molar-refractivity contribution >= 4 is 11.6 Å². The molecule has 25 heavy (non-hydrogen) atoms. The molecule has 2 heteroatoms. The van der Waals surface area contributed by atoms with Gasteiger partial charge in [0.1, 0.15) is 11.6 Å². The first-order chi connectivity index (χ1) is 11.9. The quantitative estimate of drug-likeness (QED) is 0.615. The molecule has 0 saturated carbocycles. The van der Waals surface area contributed by atoms with Gasteiger partial charge >= 0.3 is 0 Å². The van der Waals surface area contributed by atoms with Crippen LogP contribution in [0.2, 0.25) is 0 Å². The van der Waals surface area contributed by atoms with Crippen molar-refractivity contribution in [1.29, 1.82) is 0 Å². The molecular weight excluding hydrogens is 308 g/mol. The molecule has 0 fully saturated rings. The summed E-state index contributed by atoms with van der Waals surface area (Å²) in [5, 5.41) is 0. The fourth-order valence-corrected chi connectivity index (χ4v) is 3.74. The summed E-state index contributed by atoms with van der Waals surface area (Å²) in [6.07, 6.45) is 7.94. The van der Waals surface area contributed by atoms with Crippen molar-refractivity contribution in [3.63, 3.8) is 0 Å². The third-order valence-corrected chi connectivity index (χ3v) is 4.95. The second-order valence-electron chi connectivity index (χ2n) is 7.44. The number of benzene rings is 1. The van der Waals surface area contributed by atoms with Gasteiger partial charge in [-0.25, -0.2) is 0 Å². The van der Waals surface area contributed by atoms with Crippen molar-refractivity contribution in [3.05, 3.63) is 58.7 Å². The molecule has 0 heterocycles. The third-order valence-electron chi connectivity index (χ3n) is 4.95. The summed E-state index contributed by atoms with van der Waals surface area (Å²) < 4.78 is 0. The molecule has 1 aromatic carbocycles. The van der Waals surface area contributed by atoms with Gasteiger partial charge in [-0.15, -0.1) is 0 Å². The van der Waals surface area contributed by atoms with Crippen molar-refractivity contribution < 1.29 is 9.59 Å². The Morgan fingerprint density at radius 1 is 1.08 bits per heavy atom. The van der Waals surface area contributed by atoms with E-state index >= 15 is 0 Å². The first-order valence-electron chi connectivity index (χ1n) is 9.40. The molecule has 1 unspecified atom stereocenters. The average Bonchev–Trinajstić information content (AvgIpc) is 2.95. The highest BCUT2D eigenvalue weighted by Gasteiger charge is 2.23. The first-order valence-corrected chi connectivity index (χ1v) is 9.40. The lowest BCUT2D eigenvalue weighted by Gasteiger charge is -2.20. The summed E-state index contributed by atoms with van der Waals surface area (Å²) in [5.74, 6) is 1.51. The minimum Gasteiger partial charge on any atom is -0.300 e. The van der Waals surface area contributed by atoms with Gasteiger partial charge in [0.05, 0.1) is 0 Å². The Bertz CT molecular complexity index is 692. The van der Waals surface area contributed by atoms with Crippen LogP contribution in [-0.4, -0.2) is 11.6 Å². The molecule has 0 aromatic heterocycles. The molecule has 0 amide bonds. The van der Waals surface area contributed by atoms with E-state index in [4.69, 9.17) is 0 Å². The van der Waals surface area contributed by atoms with Crippen LogP contribution < -0.4 is 0 Å². The molecule has 1 aliphatic rings. The van der Waals surface area contributed by atoms with Gasteiger partial charge in [0, 0.05) is 25.2 Å². The van der Waals surface area contributed by atoms with Crippen LogP contribution in [0.25, 0.3) is 0 Å². The predicted octanol–water partition coefficient (Wildman–Crippen LogP) is 5.26. The second-order valence-corrected chi connectivity index (χ2v) is 7.44. The van der Waals surface area contributed by atoms with Gasteiger partial charge in [0.15, 0.2) is 0 Å². The number of hydrogen-bond donors (Lipinski definition) is 0. The van der Waals surface area contributed by atoms with Crippen molar-refractivity contribution in [1.82, 2.24) is 0 Å². The van der Waals surface area contributed by atoms with Crippen molar-refractivity contribution in [3.8, 4) is 0 Å². The number of ketones is 2. The average molecular weight is 338 g/mol. The number of carbonyl (C=O) groups is 2. The van der Waals surface area contributed by atoms with Crippen LogP contribution in [-0.2, 0) is 22.4 Å². The Morgan fingerprint density at radius 2 is 1.76 bits per heavy atom. The molecule has 1 atom stereocenters. The van der Waals surface area contributed by atoms with E-state index in [2.05, 4.69) is 32.9 Å². The monoisotopic (exact) mass is 338 g/mol. The molecule has 1 aliphatic carbocycles. The van der Waals surface area contributed by atoms with Gasteiger partial charge in [0.2, 0.25) is 0 Å². The van der Waals surface area contributed by atoms with E-state index < -0.39 is 0 Å². The van der Waals surface area contributed by atoms with Crippen LogP contribution in [0.15, 0.2) is 47.6 Å². The predicted molar refractivity (Wildman–Crippen MR) is 104 cm³/mol. The highest BCUT2D eigenvalue weighted by atomic mass is 16.1. The molecule has 0 spiro atoms. The van der Waals surface area contributed by atoms with Crippen LogP contribution in [0.4, 0.5) is 0 Å². The van der Waals surface area contributed by atoms with Crippen LogP contribution in [0.1, 0.15) is 58.1 Å². The van der Waals surface area contributed by atoms with E-state index in [0.29, 0.717) is 31.1 Å². The van der Waals surface area contributed by atoms with Gasteiger partial charge < -0.3 is 0 Å². The van der Waals surface area contributed by atoms with Gasteiger partial charge in [-0.1, -0.05) is 68.3 Å². The highest BCUT2D eigenvalue weighted by Crippen LogP contribution is 2.36. The molecule has 0 radical (unpaired) electrons. The minimum absolute atomic E-state index is 0.149. The molecule has 2 nitrogen and oxygen atoms in total. The van der Waals surface area contributed by atoms with Crippen LogP contribution in [0.3, 0.4) is 0 Å². The maximum absolute atomic E-state index is 12.4. The van der Waals surface area contributed by atoms with Crippen LogP contribution in [0.5, 0.6) is 0 Å². The summed E-state index contributed by atoms with van der Waals surface area (Å²) in [6, 6.07) is 7.85. The molecule has 2 rings (SSSR count). The first kappa shape index (κ1) is 19.4. The minimum atomic E-state index is 0.149. The summed E-state index contributed by atoms with van der Waals surface area (Å²) in [6.45, 7) is 8.30. The zero-order valence-corrected chi connectivity index (χ0v) is 16.0. The Hall–Kier alpha value is -1.96. The fraction of sp³-hybridized carbons (Fsp3) is 0.478. The molecule has 0 saturated heterocycles. The Morgan fingerprint density at radius 3 is 2.36 bits per heavy atom. The Balaban J connectivity index is 1.88. The van der Waals surface area contributed by atoms with Crippen molar-refractivity contribution in [2.75, 3.05) is 0 Å². The van der Waals surface area contributed by atoms with Gasteiger partial charge in [-0.3, -0.25) is 9.59 Å². The van der Waals surface area contributed by atoms with Crippen molar-refractivity contribution in [2.24, 2.45) is 11.8 Å². The maximum atomic E-state index is 12.4. The van der Waals surface area contributed by atoms with Gasteiger partial charge in [0.25, 0.3) is 0 Å². The highest BCUT2D eigenvalue weighted by molar-refractivity contribution is 5.81. The fourth-order valence-electron chi connectivity index (χ4n) is 3.74. The normalized spacial score (nSPS) is 16.8. The molecule has 0 bridgehead atoms. The lowest BCUT2D eigenvalue weighted by Crippen LogP contribution is -2.10. The lowest BCUT2D eigenvalue weighted by molar-refractivity contribution is -0.118. The zero-order chi connectivity index (χ0) is 18.4. The number of hydrogen-bond acceptors (Lipinski definition) is 2. The SMILES string of the molecule is CCC1C(CCC(=O)Cc2cccc(CC(C)=O)c2)=CC=C1C(C)C. The second kappa shape index (κ2) is 8.94. The number of carbonyl (C=O) groups excluding carboxylic acids is 2. The zero-order valence-electron chi connectivity index (χ0n) is 16.0. The summed E-state index contributed by atoms with van der Waals surface area (Å²) in [7, 11) is 0. The molecule has 1 aromatic rings. The van der Waals surface area contributed by atoms with Crippen molar-refractivity contribution in [2.45, 2.75) is 59.8 Å². The maximum Gasteiger partial charge on any atom is 0.137 e. The van der Waals surface area contributed by atoms with E-state index in [1.807, 2.05) is 24.3 Å². The van der Waals surface area contributed by atoms with Gasteiger partial charge in [-0.05, 0) is 36.8 Å². The largest absolute Gasteiger partial charge is 0.300 e. The van der Waals surface area contributed by atoms with E-state index in [1.54, 1.807) is 6.92 Å². The molecular formula is C23H30O2. The standard InChI is InChI=1S/C23H30O2/c1-5-22-20(10-12-23(22)16(2)3)9-11-21(25)15-19-8-6-7-18(14-19)13-17(4)24/h6-8,10,12,14,16,22H,5,9,11,13,15H2,1-4H3. The summed E-state index contributed by atoms with van der Waals surface area (Å²) in [5.41, 5.74) is 4.91. The molecule has 0 N–H and O–H groups in total. The number of Topliss-reactive ketones (excluding diaryl/α,β-unsaturated/α-hetero) is 2. The van der Waals surface area contributed by atoms with E-state index in [0.717, 1.165) is 24.0 Å². The van der Waals surface area contributed by atoms with Crippen LogP contribution >= 0.6 is 0 Å². The number of allylic oxidation sites excluding steroid dienone is 4. The van der Waals surface area contributed by atoms with E-state index in [1.165, 1.54) is 11.1 Å². The summed E-state index contributed by atoms with van der Waals surface area (Å²) >= 11 is 0. The Labute approximate surface area is 152 Å². The van der Waals surface area contributed by atoms with E-state index in [9.17, 15) is 9.59 Å². The number of rotatable bonds is 9. The molecule has 134 valence electrons. The molecule has 0 aliphatic heterocycles. The Kier molecular flexibility index (Phi) is 6.92. The summed E-state index contributed by atoms with van der Waals surface area (Å²) in [4.78, 5) is 23.7. The third kappa shape index (κ3) is 5.52. The van der Waals surface area contributed by atoms with Gasteiger partial charge in [-0.2, -0.15) is 0 Å². The van der Waals surface area contributed by atoms with Crippen LogP contribution in [0, 0.1) is 11.8 Å². The lowest BCUT2D eigenvalue weighted by atomic mass is 9.84.